The molecule has 0 aromatic heterocycles. The Morgan fingerprint density at radius 2 is 1.89 bits per heavy atom. The van der Waals surface area contributed by atoms with Crippen molar-refractivity contribution in [2.24, 2.45) is 0 Å². The minimum absolute atomic E-state index is 0.781. The van der Waals surface area contributed by atoms with Gasteiger partial charge in [-0.3, -0.25) is 4.21 Å². The molecule has 0 aliphatic carbocycles. The predicted molar refractivity (Wildman–Crippen MR) is 42.5 cm³/mol. The molecule has 0 atom stereocenters. The van der Waals surface area contributed by atoms with E-state index in [0.29, 0.717) is 0 Å². The Morgan fingerprint density at radius 3 is 2.22 bits per heavy atom. The number of rotatable bonds is 0. The van der Waals surface area contributed by atoms with Gasteiger partial charge >= 0.3 is 0 Å². The number of hydrogen-bond donors (Lipinski definition) is 0. The van der Waals surface area contributed by atoms with Crippen LogP contribution in [0.1, 0.15) is 0 Å². The fraction of sp³-hybridized carbons (Fsp3) is 0.833. The van der Waals surface area contributed by atoms with Gasteiger partial charge in [-0.05, 0) is 22.4 Å². The first-order chi connectivity index (χ1) is 4.10. The molecule has 0 aromatic rings. The summed E-state index contributed by atoms with van der Waals surface area (Å²) in [6, 6.07) is 0. The predicted octanol–water partition coefficient (Wildman–Crippen LogP) is -0.352. The molecule has 0 unspecified atom stereocenters. The van der Waals surface area contributed by atoms with E-state index >= 15 is 0 Å². The van der Waals surface area contributed by atoms with E-state index in [1.54, 1.807) is 0 Å². The average molecular weight is 147 g/mol. The molecular formula is C6H13NOS. The van der Waals surface area contributed by atoms with Crippen LogP contribution in [0, 0.1) is 0 Å². The van der Waals surface area contributed by atoms with Gasteiger partial charge in [-0.25, -0.2) is 0 Å². The first-order valence-electron chi connectivity index (χ1n) is 3.11. The van der Waals surface area contributed by atoms with Crippen LogP contribution in [0.4, 0.5) is 0 Å². The van der Waals surface area contributed by atoms with Gasteiger partial charge in [0.25, 0.3) is 0 Å². The van der Waals surface area contributed by atoms with E-state index in [4.69, 9.17) is 0 Å². The molecule has 1 heterocycles. The largest absolute Gasteiger partial charge is 0.305 e. The Balaban J connectivity index is 2.55. The van der Waals surface area contributed by atoms with Crippen LogP contribution in [0.5, 0.6) is 0 Å². The van der Waals surface area contributed by atoms with Crippen molar-refractivity contribution in [2.45, 2.75) is 0 Å². The zero-order chi connectivity index (χ0) is 6.91. The summed E-state index contributed by atoms with van der Waals surface area (Å²) in [4.78, 5) is 2.19. The van der Waals surface area contributed by atoms with Gasteiger partial charge in [0.1, 0.15) is 0 Å². The quantitative estimate of drug-likeness (QED) is 0.436. The maximum atomic E-state index is 11.2. The first-order valence-corrected chi connectivity index (χ1v) is 5.18. The monoisotopic (exact) mass is 147 g/mol. The first kappa shape index (κ1) is 7.09. The van der Waals surface area contributed by atoms with E-state index in [0.717, 1.165) is 24.6 Å². The van der Waals surface area contributed by atoms with Crippen molar-refractivity contribution in [3.8, 4) is 0 Å². The molecule has 0 N–H and O–H groups in total. The Kier molecular flexibility index (Phi) is 1.82. The maximum absolute atomic E-state index is 11.2. The molecule has 2 nitrogen and oxygen atoms in total. The average Bonchev–Trinajstić information content (AvgIpc) is 1.78. The van der Waals surface area contributed by atoms with Crippen LogP contribution in [0.2, 0.25) is 0 Å². The molecule has 0 amide bonds. The second-order valence-corrected chi connectivity index (χ2v) is 5.43. The Morgan fingerprint density at radius 1 is 1.44 bits per heavy atom. The summed E-state index contributed by atoms with van der Waals surface area (Å²) >= 11 is 0. The molecule has 0 saturated carbocycles. The van der Waals surface area contributed by atoms with Crippen LogP contribution in [0.25, 0.3) is 0 Å². The molecule has 0 radical (unpaired) electrons. The number of nitrogens with zero attached hydrogens (tertiary/aromatic N) is 1. The summed E-state index contributed by atoms with van der Waals surface area (Å²) in [6.07, 6.45) is 0. The zero-order valence-electron chi connectivity index (χ0n) is 5.80. The third-order valence-electron chi connectivity index (χ3n) is 1.69. The van der Waals surface area contributed by atoms with Crippen LogP contribution < -0.4 is 0 Å². The standard InChI is InChI=1S/C6H13NOS/c1-7-3-5-9(2,8)6-4-7/h2-6H2,1H3. The Hall–Kier alpha value is -0.0200. The van der Waals surface area contributed by atoms with Crippen molar-refractivity contribution < 1.29 is 4.21 Å². The van der Waals surface area contributed by atoms with E-state index in [-0.39, 0.29) is 0 Å². The lowest BCUT2D eigenvalue weighted by atomic mass is 10.6. The highest BCUT2D eigenvalue weighted by atomic mass is 32.2. The van der Waals surface area contributed by atoms with Crippen LogP contribution in [-0.2, 0) is 9.52 Å². The summed E-state index contributed by atoms with van der Waals surface area (Å²) in [5.74, 6) is 5.23. The van der Waals surface area contributed by atoms with Crippen LogP contribution in [-0.4, -0.2) is 46.6 Å². The van der Waals surface area contributed by atoms with Crippen LogP contribution in [0.15, 0.2) is 0 Å². The zero-order valence-corrected chi connectivity index (χ0v) is 6.62. The third kappa shape index (κ3) is 1.99. The van der Waals surface area contributed by atoms with Gasteiger partial charge in [0.05, 0.1) is 0 Å². The molecule has 9 heavy (non-hydrogen) atoms. The SMILES string of the molecule is C=S1(=O)CCN(C)CC1. The van der Waals surface area contributed by atoms with Crippen molar-refractivity contribution >= 4 is 15.4 Å². The molecule has 3 heteroatoms. The van der Waals surface area contributed by atoms with Crippen molar-refractivity contribution in [1.82, 2.24) is 4.90 Å². The lowest BCUT2D eigenvalue weighted by Crippen LogP contribution is -2.37. The molecule has 1 rings (SSSR count). The number of hydrogen-bond acceptors (Lipinski definition) is 2. The van der Waals surface area contributed by atoms with E-state index in [9.17, 15) is 4.21 Å². The summed E-state index contributed by atoms with van der Waals surface area (Å²) < 4.78 is 11.2. The minimum Gasteiger partial charge on any atom is -0.305 e. The maximum Gasteiger partial charge on any atom is 0.0287 e. The van der Waals surface area contributed by atoms with Crippen molar-refractivity contribution in [1.29, 1.82) is 0 Å². The summed E-state index contributed by atoms with van der Waals surface area (Å²) in [7, 11) is 0.393. The third-order valence-corrected chi connectivity index (χ3v) is 3.54. The van der Waals surface area contributed by atoms with Crippen LogP contribution in [0.3, 0.4) is 0 Å². The fourth-order valence-electron chi connectivity index (χ4n) is 0.858. The van der Waals surface area contributed by atoms with Crippen molar-refractivity contribution in [2.75, 3.05) is 31.6 Å². The van der Waals surface area contributed by atoms with E-state index in [1.807, 2.05) is 0 Å². The van der Waals surface area contributed by atoms with Gasteiger partial charge in [-0.2, -0.15) is 0 Å². The summed E-state index contributed by atoms with van der Waals surface area (Å²) in [6.45, 7) is 1.89. The molecule has 0 bridgehead atoms. The molecule has 1 saturated heterocycles. The van der Waals surface area contributed by atoms with Gasteiger partial charge in [0.15, 0.2) is 0 Å². The fourth-order valence-corrected chi connectivity index (χ4v) is 2.35. The highest BCUT2D eigenvalue weighted by molar-refractivity contribution is 8.00. The topological polar surface area (TPSA) is 20.3 Å². The van der Waals surface area contributed by atoms with Gasteiger partial charge < -0.3 is 4.90 Å². The van der Waals surface area contributed by atoms with Gasteiger partial charge in [-0.1, -0.05) is 0 Å². The highest BCUT2D eigenvalue weighted by Gasteiger charge is 2.12. The van der Waals surface area contributed by atoms with E-state index < -0.39 is 9.52 Å². The van der Waals surface area contributed by atoms with Gasteiger partial charge in [0.2, 0.25) is 0 Å². The molecule has 0 spiro atoms. The second-order valence-electron chi connectivity index (χ2n) is 2.68. The normalized spacial score (nSPS) is 28.1. The summed E-state index contributed by atoms with van der Waals surface area (Å²) in [5.41, 5.74) is 0. The minimum atomic E-state index is -1.66. The van der Waals surface area contributed by atoms with E-state index in [2.05, 4.69) is 17.8 Å². The molecule has 0 aromatic carbocycles. The van der Waals surface area contributed by atoms with Crippen LogP contribution >= 0.6 is 0 Å². The Bertz CT molecular complexity index is 169. The smallest absolute Gasteiger partial charge is 0.0287 e. The second kappa shape index (κ2) is 2.31. The Labute approximate surface area is 56.9 Å². The molecule has 1 aliphatic heterocycles. The van der Waals surface area contributed by atoms with E-state index in [1.165, 1.54) is 0 Å². The highest BCUT2D eigenvalue weighted by Crippen LogP contribution is 1.99. The molecule has 1 fully saturated rings. The molecule has 54 valence electrons. The lowest BCUT2D eigenvalue weighted by Gasteiger charge is -2.24. The van der Waals surface area contributed by atoms with Crippen molar-refractivity contribution in [3.63, 3.8) is 0 Å². The van der Waals surface area contributed by atoms with Gasteiger partial charge in [-0.15, -0.1) is 0 Å². The van der Waals surface area contributed by atoms with Crippen molar-refractivity contribution in [3.05, 3.63) is 0 Å². The molecule has 1 aliphatic rings. The van der Waals surface area contributed by atoms with Gasteiger partial charge in [0, 0.05) is 24.6 Å². The lowest BCUT2D eigenvalue weighted by molar-refractivity contribution is 0.366. The summed E-state index contributed by atoms with van der Waals surface area (Å²) in [5, 5.41) is 0. The molecular weight excluding hydrogens is 134 g/mol.